The molecule has 4 fully saturated rings. The fraction of sp³-hybridized carbons (Fsp3) is 0.839. The minimum atomic E-state index is -0.608. The molecule has 0 saturated heterocycles. The third kappa shape index (κ3) is 3.02. The summed E-state index contributed by atoms with van der Waals surface area (Å²) in [4.78, 5) is 30.0. The molecular formula is C31H45NO3. The van der Waals surface area contributed by atoms with Crippen LogP contribution in [0.25, 0.3) is 4.85 Å². The fourth-order valence-corrected chi connectivity index (χ4v) is 10.3. The van der Waals surface area contributed by atoms with Crippen LogP contribution in [0, 0.1) is 63.2 Å². The van der Waals surface area contributed by atoms with Crippen LogP contribution in [-0.2, 0) is 9.59 Å². The van der Waals surface area contributed by atoms with E-state index >= 15 is 0 Å². The molecule has 5 aliphatic carbocycles. The number of carbonyl (C=O) groups excluding carboxylic acids is 1. The lowest BCUT2D eigenvalue weighted by molar-refractivity contribution is -0.176. The molecule has 1 N–H and O–H groups in total. The van der Waals surface area contributed by atoms with Crippen molar-refractivity contribution in [1.82, 2.24) is 0 Å². The van der Waals surface area contributed by atoms with Crippen molar-refractivity contribution in [2.75, 3.05) is 0 Å². The lowest BCUT2D eigenvalue weighted by Crippen LogP contribution is -2.64. The predicted molar refractivity (Wildman–Crippen MR) is 137 cm³/mol. The zero-order chi connectivity index (χ0) is 25.8. The molecule has 0 spiro atoms. The lowest BCUT2D eigenvalue weighted by atomic mass is 9.35. The quantitative estimate of drug-likeness (QED) is 0.320. The highest BCUT2D eigenvalue weighted by molar-refractivity contribution is 5.92. The summed E-state index contributed by atoms with van der Waals surface area (Å²) in [6, 6.07) is -0.531. The van der Waals surface area contributed by atoms with Crippen LogP contribution in [0.4, 0.5) is 0 Å². The Morgan fingerprint density at radius 1 is 1.03 bits per heavy atom. The highest BCUT2D eigenvalue weighted by Crippen LogP contribution is 2.73. The Labute approximate surface area is 212 Å². The molecule has 0 aromatic rings. The largest absolute Gasteiger partial charge is 0.481 e. The summed E-state index contributed by atoms with van der Waals surface area (Å²) in [7, 11) is 0. The molecule has 0 aliphatic heterocycles. The summed E-state index contributed by atoms with van der Waals surface area (Å²) < 4.78 is 0. The number of carboxylic acid groups (broad SMARTS) is 1. The van der Waals surface area contributed by atoms with Gasteiger partial charge in [-0.25, -0.2) is 6.57 Å². The molecule has 5 aliphatic rings. The van der Waals surface area contributed by atoms with Crippen molar-refractivity contribution in [3.63, 3.8) is 0 Å². The second-order valence-electron chi connectivity index (χ2n) is 14.9. The molecule has 0 heterocycles. The molecule has 4 heteroatoms. The van der Waals surface area contributed by atoms with E-state index in [2.05, 4.69) is 59.4 Å². The van der Waals surface area contributed by atoms with Gasteiger partial charge in [-0.15, -0.1) is 0 Å². The van der Waals surface area contributed by atoms with Crippen LogP contribution in [0.1, 0.15) is 99.8 Å². The molecule has 4 saturated carbocycles. The fourth-order valence-electron chi connectivity index (χ4n) is 10.3. The zero-order valence-corrected chi connectivity index (χ0v) is 22.9. The summed E-state index contributed by atoms with van der Waals surface area (Å²) >= 11 is 0. The molecule has 9 atom stereocenters. The van der Waals surface area contributed by atoms with Crippen molar-refractivity contribution in [3.8, 4) is 0 Å². The number of carboxylic acids is 1. The lowest BCUT2D eigenvalue weighted by Gasteiger charge is -2.68. The first-order chi connectivity index (χ1) is 16.2. The maximum Gasteiger partial charge on any atom is 0.310 e. The predicted octanol–water partition coefficient (Wildman–Crippen LogP) is 7.20. The van der Waals surface area contributed by atoms with E-state index in [4.69, 9.17) is 6.57 Å². The Bertz CT molecular complexity index is 1030. The molecule has 0 aromatic carbocycles. The van der Waals surface area contributed by atoms with E-state index in [0.717, 1.165) is 51.4 Å². The van der Waals surface area contributed by atoms with Crippen LogP contribution in [-0.4, -0.2) is 22.9 Å². The number of hydrogen-bond acceptors (Lipinski definition) is 2. The minimum absolute atomic E-state index is 0.0170. The minimum Gasteiger partial charge on any atom is -0.481 e. The van der Waals surface area contributed by atoms with E-state index in [1.165, 1.54) is 5.57 Å². The number of carbonyl (C=O) groups is 2. The number of fused-ring (bicyclic) bond motifs is 7. The molecule has 4 nitrogen and oxygen atoms in total. The Hall–Kier alpha value is -1.63. The monoisotopic (exact) mass is 479 g/mol. The SMILES string of the molecule is [C-]#[N+]C1C(=O)C(C)(C)[C@@H]2CC[C@]3(C)[C@H](CC=C4C5CC(C)(C)CC[C@]5(C(=O)O)CC[C@]43C)C2C1C. The Morgan fingerprint density at radius 2 is 1.69 bits per heavy atom. The van der Waals surface area contributed by atoms with Crippen LogP contribution in [0.2, 0.25) is 0 Å². The van der Waals surface area contributed by atoms with Gasteiger partial charge in [0.2, 0.25) is 5.78 Å². The number of allylic oxidation sites excluding steroid dienone is 2. The van der Waals surface area contributed by atoms with Gasteiger partial charge < -0.3 is 9.95 Å². The number of aliphatic carboxylic acids is 1. The number of rotatable bonds is 1. The number of nitrogens with zero attached hydrogens (tertiary/aromatic N) is 1. The van der Waals surface area contributed by atoms with Crippen molar-refractivity contribution in [3.05, 3.63) is 23.1 Å². The van der Waals surface area contributed by atoms with Crippen LogP contribution in [0.3, 0.4) is 0 Å². The maximum absolute atomic E-state index is 13.3. The van der Waals surface area contributed by atoms with Crippen molar-refractivity contribution in [2.24, 2.45) is 56.7 Å². The topological polar surface area (TPSA) is 58.7 Å². The first-order valence-electron chi connectivity index (χ1n) is 14.0. The smallest absolute Gasteiger partial charge is 0.310 e. The first-order valence-corrected chi connectivity index (χ1v) is 14.0. The van der Waals surface area contributed by atoms with Gasteiger partial charge in [-0.3, -0.25) is 9.59 Å². The van der Waals surface area contributed by atoms with E-state index in [9.17, 15) is 14.7 Å². The maximum atomic E-state index is 13.3. The van der Waals surface area contributed by atoms with E-state index in [-0.39, 0.29) is 33.9 Å². The summed E-state index contributed by atoms with van der Waals surface area (Å²) in [5, 5.41) is 10.5. The van der Waals surface area contributed by atoms with Crippen LogP contribution in [0.5, 0.6) is 0 Å². The second kappa shape index (κ2) is 7.45. The normalized spacial score (nSPS) is 49.9. The summed E-state index contributed by atoms with van der Waals surface area (Å²) in [5.41, 5.74) is 0.610. The van der Waals surface area contributed by atoms with Gasteiger partial charge in [0.15, 0.2) is 0 Å². The van der Waals surface area contributed by atoms with E-state index < -0.39 is 22.8 Å². The molecule has 35 heavy (non-hydrogen) atoms. The molecule has 5 rings (SSSR count). The number of hydrogen-bond donors (Lipinski definition) is 1. The summed E-state index contributed by atoms with van der Waals surface area (Å²) in [6.07, 6.45) is 10.0. The molecule has 4 unspecified atom stereocenters. The van der Waals surface area contributed by atoms with Crippen molar-refractivity contribution in [2.45, 2.75) is 106 Å². The average molecular weight is 480 g/mol. The van der Waals surface area contributed by atoms with Crippen molar-refractivity contribution < 1.29 is 14.7 Å². The van der Waals surface area contributed by atoms with Crippen molar-refractivity contribution >= 4 is 11.8 Å². The molecule has 0 bridgehead atoms. The summed E-state index contributed by atoms with van der Waals surface area (Å²) in [5.74, 6) is 0.899. The van der Waals surface area contributed by atoms with Gasteiger partial charge in [0.1, 0.15) is 0 Å². The molecule has 0 amide bonds. The van der Waals surface area contributed by atoms with Gasteiger partial charge in [-0.05, 0) is 91.3 Å². The first kappa shape index (κ1) is 25.0. The van der Waals surface area contributed by atoms with Crippen molar-refractivity contribution in [1.29, 1.82) is 0 Å². The van der Waals surface area contributed by atoms with E-state index in [1.54, 1.807) is 0 Å². The Balaban J connectivity index is 1.61. The second-order valence-corrected chi connectivity index (χ2v) is 14.9. The van der Waals surface area contributed by atoms with Gasteiger partial charge in [0.05, 0.1) is 5.41 Å². The average Bonchev–Trinajstić information content (AvgIpc) is 2.77. The van der Waals surface area contributed by atoms with E-state index in [1.807, 2.05) is 0 Å². The zero-order valence-electron chi connectivity index (χ0n) is 22.9. The Kier molecular flexibility index (Phi) is 5.33. The Morgan fingerprint density at radius 3 is 2.31 bits per heavy atom. The van der Waals surface area contributed by atoms with E-state index in [0.29, 0.717) is 17.8 Å². The van der Waals surface area contributed by atoms with Gasteiger partial charge >= 0.3 is 5.97 Å². The van der Waals surface area contributed by atoms with Gasteiger partial charge in [0.25, 0.3) is 6.04 Å². The number of Topliss-reactive ketones (excluding diaryl/α,β-unsaturated/α-hetero) is 1. The van der Waals surface area contributed by atoms with Crippen LogP contribution >= 0.6 is 0 Å². The van der Waals surface area contributed by atoms with Gasteiger partial charge in [-0.1, -0.05) is 60.1 Å². The highest BCUT2D eigenvalue weighted by atomic mass is 16.4. The standard InChI is InChI=1S/C31H45NO3/c1-18-23-20(28(4,5)25(33)24(18)32-8)11-12-29(6)21(23)10-9-19-22-17-27(2,3)13-15-31(22,26(34)35)16-14-30(19,29)7/h9,18,20-24H,10-17H2,1-7H3,(H,34,35)/t18?,20-,21-,22?,23?,24?,29-,30-,31+/m1/s1. The van der Waals surface area contributed by atoms with Crippen LogP contribution in [0.15, 0.2) is 11.6 Å². The van der Waals surface area contributed by atoms with Crippen LogP contribution < -0.4 is 0 Å². The molecule has 192 valence electrons. The third-order valence-electron chi connectivity index (χ3n) is 12.8. The third-order valence-corrected chi connectivity index (χ3v) is 12.8. The molecule has 0 aromatic heterocycles. The van der Waals surface area contributed by atoms with Gasteiger partial charge in [-0.2, -0.15) is 0 Å². The van der Waals surface area contributed by atoms with Gasteiger partial charge in [0, 0.05) is 11.3 Å². The molecular weight excluding hydrogens is 434 g/mol. The molecule has 0 radical (unpaired) electrons. The summed E-state index contributed by atoms with van der Waals surface area (Å²) in [6.45, 7) is 23.8. The number of ketones is 1. The highest BCUT2D eigenvalue weighted by Gasteiger charge is 2.69.